The van der Waals surface area contributed by atoms with Gasteiger partial charge in [0.15, 0.2) is 11.7 Å². The highest BCUT2D eigenvalue weighted by atomic mass is 35.5. The maximum absolute atomic E-state index is 11.9. The van der Waals surface area contributed by atoms with Gasteiger partial charge in [0.05, 0.1) is 11.2 Å². The zero-order valence-corrected chi connectivity index (χ0v) is 13.5. The van der Waals surface area contributed by atoms with Gasteiger partial charge in [0, 0.05) is 30.5 Å². The fourth-order valence-electron chi connectivity index (χ4n) is 1.92. The first-order valence-corrected chi connectivity index (χ1v) is 7.50. The summed E-state index contributed by atoms with van der Waals surface area (Å²) in [5.41, 5.74) is 5.97. The molecule has 2 aromatic rings. The number of nitrogens with two attached hydrogens (primary N) is 1. The van der Waals surface area contributed by atoms with E-state index in [9.17, 15) is 4.79 Å². The van der Waals surface area contributed by atoms with Crippen molar-refractivity contribution in [2.45, 2.75) is 32.2 Å². The molecule has 6 heteroatoms. The average molecular weight is 322 g/mol. The van der Waals surface area contributed by atoms with Gasteiger partial charge in [-0.05, 0) is 26.0 Å². The van der Waals surface area contributed by atoms with Crippen LogP contribution in [0, 0.1) is 0 Å². The van der Waals surface area contributed by atoms with E-state index in [1.807, 2.05) is 32.0 Å². The molecule has 1 amide bonds. The van der Waals surface area contributed by atoms with Gasteiger partial charge in [-0.3, -0.25) is 4.79 Å². The summed E-state index contributed by atoms with van der Waals surface area (Å²) < 4.78 is 5.66. The number of carbonyl (C=O) groups is 1. The molecule has 1 aromatic carbocycles. The number of rotatable bonds is 6. The number of aryl methyl sites for hydroxylation is 1. The number of halogens is 1. The summed E-state index contributed by atoms with van der Waals surface area (Å²) in [5.74, 6) is 1.03. The molecule has 2 rings (SSSR count). The molecule has 0 radical (unpaired) electrons. The molecule has 1 aromatic heterocycles. The normalized spacial score (nSPS) is 11.5. The zero-order chi connectivity index (χ0) is 16.2. The summed E-state index contributed by atoms with van der Waals surface area (Å²) in [6.45, 7) is 4.14. The van der Waals surface area contributed by atoms with Gasteiger partial charge >= 0.3 is 0 Å². The maximum Gasteiger partial charge on any atom is 0.220 e. The van der Waals surface area contributed by atoms with Crippen LogP contribution in [0.3, 0.4) is 0 Å². The van der Waals surface area contributed by atoms with Crippen LogP contribution in [-0.2, 0) is 11.2 Å². The SMILES string of the molecule is CC(C)(CN)NC(=O)CCc1ncc(-c2ccccc2Cl)o1. The van der Waals surface area contributed by atoms with Crippen LogP contribution in [-0.4, -0.2) is 23.0 Å². The van der Waals surface area contributed by atoms with Gasteiger partial charge in [-0.25, -0.2) is 4.98 Å². The van der Waals surface area contributed by atoms with Crippen LogP contribution in [0.4, 0.5) is 0 Å². The highest BCUT2D eigenvalue weighted by Crippen LogP contribution is 2.28. The summed E-state index contributed by atoms with van der Waals surface area (Å²) >= 11 is 6.12. The average Bonchev–Trinajstić information content (AvgIpc) is 2.94. The van der Waals surface area contributed by atoms with Gasteiger partial charge < -0.3 is 15.5 Å². The summed E-state index contributed by atoms with van der Waals surface area (Å²) in [7, 11) is 0. The lowest BCUT2D eigenvalue weighted by atomic mass is 10.1. The second-order valence-corrected chi connectivity index (χ2v) is 6.14. The van der Waals surface area contributed by atoms with E-state index in [0.717, 1.165) is 5.56 Å². The van der Waals surface area contributed by atoms with Crippen molar-refractivity contribution < 1.29 is 9.21 Å². The first-order valence-electron chi connectivity index (χ1n) is 7.12. The molecule has 0 aliphatic carbocycles. The third-order valence-electron chi connectivity index (χ3n) is 3.25. The number of benzene rings is 1. The molecule has 0 saturated carbocycles. The lowest BCUT2D eigenvalue weighted by molar-refractivity contribution is -0.122. The maximum atomic E-state index is 11.9. The summed E-state index contributed by atoms with van der Waals surface area (Å²) in [6, 6.07) is 7.39. The molecule has 118 valence electrons. The van der Waals surface area contributed by atoms with Crippen molar-refractivity contribution in [3.63, 3.8) is 0 Å². The quantitative estimate of drug-likeness (QED) is 0.857. The Morgan fingerprint density at radius 2 is 2.14 bits per heavy atom. The Hall–Kier alpha value is -1.85. The first-order chi connectivity index (χ1) is 10.4. The number of nitrogens with one attached hydrogen (secondary N) is 1. The molecule has 0 unspecified atom stereocenters. The molecule has 0 spiro atoms. The molecule has 5 nitrogen and oxygen atoms in total. The Morgan fingerprint density at radius 3 is 2.82 bits per heavy atom. The van der Waals surface area contributed by atoms with E-state index in [1.165, 1.54) is 0 Å². The Kier molecular flexibility index (Phi) is 5.21. The van der Waals surface area contributed by atoms with Gasteiger partial charge in [0.2, 0.25) is 5.91 Å². The Labute approximate surface area is 134 Å². The monoisotopic (exact) mass is 321 g/mol. The van der Waals surface area contributed by atoms with Gasteiger partial charge in [0.25, 0.3) is 0 Å². The molecule has 3 N–H and O–H groups in total. The third-order valence-corrected chi connectivity index (χ3v) is 3.58. The molecule has 0 aliphatic rings. The number of amides is 1. The topological polar surface area (TPSA) is 81.1 Å². The van der Waals surface area contributed by atoms with Crippen molar-refractivity contribution in [2.75, 3.05) is 6.54 Å². The van der Waals surface area contributed by atoms with Gasteiger partial charge in [-0.2, -0.15) is 0 Å². The van der Waals surface area contributed by atoms with Crippen molar-refractivity contribution in [3.8, 4) is 11.3 Å². The Balaban J connectivity index is 1.96. The Bertz CT molecular complexity index is 652. The third kappa shape index (κ3) is 4.32. The fourth-order valence-corrected chi connectivity index (χ4v) is 2.15. The van der Waals surface area contributed by atoms with Gasteiger partial charge in [-0.15, -0.1) is 0 Å². The molecule has 22 heavy (non-hydrogen) atoms. The predicted octanol–water partition coefficient (Wildman–Crippen LogP) is 2.78. The highest BCUT2D eigenvalue weighted by Gasteiger charge is 2.18. The minimum Gasteiger partial charge on any atom is -0.441 e. The fraction of sp³-hybridized carbons (Fsp3) is 0.375. The van der Waals surface area contributed by atoms with Crippen LogP contribution >= 0.6 is 11.6 Å². The summed E-state index contributed by atoms with van der Waals surface area (Å²) in [5, 5.41) is 3.47. The van der Waals surface area contributed by atoms with E-state index >= 15 is 0 Å². The van der Waals surface area contributed by atoms with Crippen molar-refractivity contribution in [1.29, 1.82) is 0 Å². The number of nitrogens with zero attached hydrogens (tertiary/aromatic N) is 1. The van der Waals surface area contributed by atoms with Crippen LogP contribution in [0.1, 0.15) is 26.2 Å². The van der Waals surface area contributed by atoms with Gasteiger partial charge in [-0.1, -0.05) is 23.7 Å². The van der Waals surface area contributed by atoms with E-state index in [2.05, 4.69) is 10.3 Å². The second kappa shape index (κ2) is 6.94. The standard InChI is InChI=1S/C16H20ClN3O2/c1-16(2,10-18)20-14(21)7-8-15-19-9-13(22-15)11-5-3-4-6-12(11)17/h3-6,9H,7-8,10,18H2,1-2H3,(H,20,21). The number of aromatic nitrogens is 1. The molecule has 1 heterocycles. The van der Waals surface area contributed by atoms with E-state index < -0.39 is 5.54 Å². The predicted molar refractivity (Wildman–Crippen MR) is 86.5 cm³/mol. The van der Waals surface area contributed by atoms with Crippen LogP contribution in [0.15, 0.2) is 34.9 Å². The lowest BCUT2D eigenvalue weighted by Gasteiger charge is -2.23. The minimum atomic E-state index is -0.406. The smallest absolute Gasteiger partial charge is 0.220 e. The number of carbonyl (C=O) groups excluding carboxylic acids is 1. The molecule has 0 aliphatic heterocycles. The molecule has 0 atom stereocenters. The Morgan fingerprint density at radius 1 is 1.41 bits per heavy atom. The van der Waals surface area contributed by atoms with Crippen LogP contribution in [0.25, 0.3) is 11.3 Å². The highest BCUT2D eigenvalue weighted by molar-refractivity contribution is 6.33. The van der Waals surface area contributed by atoms with Crippen molar-refractivity contribution >= 4 is 17.5 Å². The van der Waals surface area contributed by atoms with Crippen molar-refractivity contribution in [1.82, 2.24) is 10.3 Å². The number of oxazole rings is 1. The zero-order valence-electron chi connectivity index (χ0n) is 12.7. The van der Waals surface area contributed by atoms with E-state index in [4.69, 9.17) is 21.8 Å². The van der Waals surface area contributed by atoms with E-state index in [1.54, 1.807) is 12.3 Å². The largest absolute Gasteiger partial charge is 0.441 e. The molecular formula is C16H20ClN3O2. The molecule has 0 bridgehead atoms. The van der Waals surface area contributed by atoms with Gasteiger partial charge in [0.1, 0.15) is 0 Å². The lowest BCUT2D eigenvalue weighted by Crippen LogP contribution is -2.48. The molecule has 0 saturated heterocycles. The molecular weight excluding hydrogens is 302 g/mol. The van der Waals surface area contributed by atoms with Crippen LogP contribution in [0.5, 0.6) is 0 Å². The van der Waals surface area contributed by atoms with Crippen LogP contribution in [0.2, 0.25) is 5.02 Å². The second-order valence-electron chi connectivity index (χ2n) is 5.73. The van der Waals surface area contributed by atoms with Crippen molar-refractivity contribution in [3.05, 3.63) is 41.4 Å². The number of hydrogen-bond acceptors (Lipinski definition) is 4. The van der Waals surface area contributed by atoms with Crippen molar-refractivity contribution in [2.24, 2.45) is 5.73 Å². The molecule has 0 fully saturated rings. The minimum absolute atomic E-state index is 0.0760. The number of hydrogen-bond donors (Lipinski definition) is 2. The first kappa shape index (κ1) is 16.5. The summed E-state index contributed by atoms with van der Waals surface area (Å²) in [6.07, 6.45) is 2.35. The van der Waals surface area contributed by atoms with Crippen LogP contribution < -0.4 is 11.1 Å². The summed E-state index contributed by atoms with van der Waals surface area (Å²) in [4.78, 5) is 16.1. The van der Waals surface area contributed by atoms with E-state index in [-0.39, 0.29) is 5.91 Å². The van der Waals surface area contributed by atoms with E-state index in [0.29, 0.717) is 36.1 Å².